The molecule has 0 aliphatic heterocycles. The third kappa shape index (κ3) is 2.71. The number of aromatic nitrogens is 1. The summed E-state index contributed by atoms with van der Waals surface area (Å²) in [6, 6.07) is 3.12. The molecule has 5 nitrogen and oxygen atoms in total. The quantitative estimate of drug-likeness (QED) is 0.833. The summed E-state index contributed by atoms with van der Waals surface area (Å²) >= 11 is 1.13. The number of nitrogens with one attached hydrogen (secondary N) is 1. The molecular formula is C9H8FN3O2S2. The van der Waals surface area contributed by atoms with Crippen molar-refractivity contribution in [1.29, 1.82) is 0 Å². The number of sulfonamides is 1. The van der Waals surface area contributed by atoms with E-state index in [1.807, 2.05) is 0 Å². The highest BCUT2D eigenvalue weighted by molar-refractivity contribution is 7.93. The average Bonchev–Trinajstić information content (AvgIpc) is 2.68. The monoisotopic (exact) mass is 273 g/mol. The summed E-state index contributed by atoms with van der Waals surface area (Å²) in [6.07, 6.45) is 1.46. The van der Waals surface area contributed by atoms with Crippen molar-refractivity contribution in [2.45, 2.75) is 4.90 Å². The van der Waals surface area contributed by atoms with Gasteiger partial charge in [-0.3, -0.25) is 4.72 Å². The Morgan fingerprint density at radius 2 is 2.12 bits per heavy atom. The second-order valence-corrected chi connectivity index (χ2v) is 5.74. The van der Waals surface area contributed by atoms with Crippen LogP contribution in [-0.4, -0.2) is 13.4 Å². The van der Waals surface area contributed by atoms with Gasteiger partial charge in [0.25, 0.3) is 10.0 Å². The van der Waals surface area contributed by atoms with E-state index < -0.39 is 15.8 Å². The smallest absolute Gasteiger partial charge is 0.263 e. The van der Waals surface area contributed by atoms with Crippen LogP contribution in [0.2, 0.25) is 0 Å². The second kappa shape index (κ2) is 4.30. The topological polar surface area (TPSA) is 85.1 Å². The largest absolute Gasteiger partial charge is 0.399 e. The molecule has 1 aromatic heterocycles. The lowest BCUT2D eigenvalue weighted by Crippen LogP contribution is -2.13. The van der Waals surface area contributed by atoms with Crippen LogP contribution in [0, 0.1) is 5.82 Å². The van der Waals surface area contributed by atoms with Crippen molar-refractivity contribution in [2.75, 3.05) is 10.5 Å². The van der Waals surface area contributed by atoms with Gasteiger partial charge >= 0.3 is 0 Å². The van der Waals surface area contributed by atoms with Crippen molar-refractivity contribution in [3.63, 3.8) is 0 Å². The van der Waals surface area contributed by atoms with Gasteiger partial charge in [0.05, 0.1) is 4.90 Å². The van der Waals surface area contributed by atoms with Gasteiger partial charge in [-0.2, -0.15) is 0 Å². The molecule has 0 aliphatic rings. The summed E-state index contributed by atoms with van der Waals surface area (Å²) in [5.41, 5.74) is 5.43. The first-order chi connectivity index (χ1) is 7.97. The molecule has 0 amide bonds. The van der Waals surface area contributed by atoms with Crippen LogP contribution in [0.25, 0.3) is 0 Å². The molecule has 0 radical (unpaired) electrons. The summed E-state index contributed by atoms with van der Waals surface area (Å²) < 4.78 is 39.0. The summed E-state index contributed by atoms with van der Waals surface area (Å²) in [7, 11) is -3.85. The van der Waals surface area contributed by atoms with Gasteiger partial charge in [0.15, 0.2) is 5.13 Å². The standard InChI is InChI=1S/C9H8FN3O2S2/c10-6-3-7(11)5-8(4-6)17(14,15)13-9-12-1-2-16-9/h1-5H,11H2,(H,12,13). The van der Waals surface area contributed by atoms with Crippen molar-refractivity contribution >= 4 is 32.2 Å². The van der Waals surface area contributed by atoms with Crippen molar-refractivity contribution in [3.05, 3.63) is 35.6 Å². The maximum absolute atomic E-state index is 13.1. The predicted octanol–water partition coefficient (Wildman–Crippen LogP) is 1.67. The van der Waals surface area contributed by atoms with Gasteiger partial charge < -0.3 is 5.73 Å². The van der Waals surface area contributed by atoms with E-state index >= 15 is 0 Å². The Kier molecular flexibility index (Phi) is 2.99. The van der Waals surface area contributed by atoms with E-state index in [1.165, 1.54) is 12.3 Å². The fourth-order valence-corrected chi connectivity index (χ4v) is 3.04. The van der Waals surface area contributed by atoms with Crippen LogP contribution in [0.5, 0.6) is 0 Å². The lowest BCUT2D eigenvalue weighted by molar-refractivity contribution is 0.595. The van der Waals surface area contributed by atoms with Gasteiger partial charge in [0.1, 0.15) is 5.82 Å². The van der Waals surface area contributed by atoms with E-state index in [4.69, 9.17) is 5.73 Å². The molecule has 0 atom stereocenters. The fraction of sp³-hybridized carbons (Fsp3) is 0. The first kappa shape index (κ1) is 11.8. The zero-order valence-electron chi connectivity index (χ0n) is 8.42. The number of halogens is 1. The SMILES string of the molecule is Nc1cc(F)cc(S(=O)(=O)Nc2nccs2)c1. The molecule has 17 heavy (non-hydrogen) atoms. The lowest BCUT2D eigenvalue weighted by Gasteiger charge is -2.06. The highest BCUT2D eigenvalue weighted by Gasteiger charge is 2.16. The first-order valence-corrected chi connectivity index (χ1v) is 6.82. The molecule has 0 saturated carbocycles. The van der Waals surface area contributed by atoms with Crippen LogP contribution in [0.1, 0.15) is 0 Å². The van der Waals surface area contributed by atoms with Gasteiger partial charge in [0, 0.05) is 17.3 Å². The van der Waals surface area contributed by atoms with Crippen LogP contribution >= 0.6 is 11.3 Å². The minimum Gasteiger partial charge on any atom is -0.399 e. The second-order valence-electron chi connectivity index (χ2n) is 3.16. The fourth-order valence-electron chi connectivity index (χ4n) is 1.19. The normalized spacial score (nSPS) is 11.4. The maximum Gasteiger partial charge on any atom is 0.263 e. The molecule has 90 valence electrons. The number of nitrogens with zero attached hydrogens (tertiary/aromatic N) is 1. The average molecular weight is 273 g/mol. The van der Waals surface area contributed by atoms with Crippen LogP contribution < -0.4 is 10.5 Å². The summed E-state index contributed by atoms with van der Waals surface area (Å²) in [6.45, 7) is 0. The third-order valence-electron chi connectivity index (χ3n) is 1.86. The minimum atomic E-state index is -3.85. The Bertz CT molecular complexity index is 605. The van der Waals surface area contributed by atoms with Gasteiger partial charge in [-0.1, -0.05) is 0 Å². The molecule has 0 fully saturated rings. The lowest BCUT2D eigenvalue weighted by atomic mass is 10.3. The number of hydrogen-bond donors (Lipinski definition) is 2. The molecule has 8 heteroatoms. The van der Waals surface area contributed by atoms with Crippen molar-refractivity contribution in [2.24, 2.45) is 0 Å². The van der Waals surface area contributed by atoms with Gasteiger partial charge in [-0.25, -0.2) is 17.8 Å². The molecule has 3 N–H and O–H groups in total. The van der Waals surface area contributed by atoms with E-state index in [2.05, 4.69) is 9.71 Å². The molecule has 1 heterocycles. The van der Waals surface area contributed by atoms with Crippen molar-refractivity contribution < 1.29 is 12.8 Å². The molecule has 0 aliphatic carbocycles. The van der Waals surface area contributed by atoms with E-state index in [1.54, 1.807) is 5.38 Å². The Labute approximate surface area is 101 Å². The molecule has 0 bridgehead atoms. The highest BCUT2D eigenvalue weighted by atomic mass is 32.2. The molecule has 2 aromatic rings. The molecule has 0 unspecified atom stereocenters. The number of hydrogen-bond acceptors (Lipinski definition) is 5. The zero-order valence-corrected chi connectivity index (χ0v) is 10.1. The summed E-state index contributed by atoms with van der Waals surface area (Å²) in [5.74, 6) is -0.704. The van der Waals surface area contributed by atoms with E-state index in [9.17, 15) is 12.8 Å². The molecule has 0 spiro atoms. The van der Waals surface area contributed by atoms with Gasteiger partial charge in [-0.15, -0.1) is 11.3 Å². The number of nitrogens with two attached hydrogens (primary N) is 1. The zero-order chi connectivity index (χ0) is 12.5. The van der Waals surface area contributed by atoms with Crippen molar-refractivity contribution in [3.8, 4) is 0 Å². The van der Waals surface area contributed by atoms with Crippen LogP contribution in [0.4, 0.5) is 15.2 Å². The van der Waals surface area contributed by atoms with E-state index in [0.29, 0.717) is 0 Å². The molecule has 1 aromatic carbocycles. The van der Waals surface area contributed by atoms with Crippen LogP contribution in [0.15, 0.2) is 34.7 Å². The number of anilines is 2. The number of nitrogen functional groups attached to an aromatic ring is 1. The van der Waals surface area contributed by atoms with Gasteiger partial charge in [0.2, 0.25) is 0 Å². The molecule has 0 saturated heterocycles. The van der Waals surface area contributed by atoms with Gasteiger partial charge in [-0.05, 0) is 18.2 Å². The Morgan fingerprint density at radius 1 is 1.35 bits per heavy atom. The van der Waals surface area contributed by atoms with E-state index in [0.717, 1.165) is 23.5 Å². The predicted molar refractivity (Wildman–Crippen MR) is 63.7 cm³/mol. The molecular weight excluding hydrogens is 265 g/mol. The minimum absolute atomic E-state index is 0.0458. The Morgan fingerprint density at radius 3 is 2.71 bits per heavy atom. The van der Waals surface area contributed by atoms with Crippen molar-refractivity contribution in [1.82, 2.24) is 4.98 Å². The first-order valence-electron chi connectivity index (χ1n) is 4.46. The van der Waals surface area contributed by atoms with E-state index in [-0.39, 0.29) is 15.7 Å². The maximum atomic E-state index is 13.1. The highest BCUT2D eigenvalue weighted by Crippen LogP contribution is 2.20. The third-order valence-corrected chi connectivity index (χ3v) is 3.99. The Hall–Kier alpha value is -1.67. The Balaban J connectivity index is 2.38. The molecule has 2 rings (SSSR count). The number of rotatable bonds is 3. The van der Waals surface area contributed by atoms with Crippen LogP contribution in [0.3, 0.4) is 0 Å². The number of benzene rings is 1. The van der Waals surface area contributed by atoms with Crippen LogP contribution in [-0.2, 0) is 10.0 Å². The summed E-state index contributed by atoms with van der Waals surface area (Å²) in [5, 5.41) is 1.84. The number of thiazole rings is 1. The summed E-state index contributed by atoms with van der Waals surface area (Å²) in [4.78, 5) is 3.54.